The Morgan fingerprint density at radius 3 is 2.59 bits per heavy atom. The Hall–Kier alpha value is -0.980. The second kappa shape index (κ2) is 7.06. The van der Waals surface area contributed by atoms with Crippen LogP contribution in [0.25, 0.3) is 0 Å². The molecule has 2 aliphatic heterocycles. The maximum atomic E-state index is 5.62. The number of piperidine rings is 1. The second-order valence-corrected chi connectivity index (χ2v) is 6.99. The Balaban J connectivity index is 1.57. The Morgan fingerprint density at radius 1 is 1.14 bits per heavy atom. The molecule has 22 heavy (non-hydrogen) atoms. The highest BCUT2D eigenvalue weighted by Gasteiger charge is 2.30. The first-order chi connectivity index (χ1) is 10.6. The molecule has 0 aliphatic carbocycles. The van der Waals surface area contributed by atoms with Crippen LogP contribution in [0.2, 0.25) is 0 Å². The zero-order chi connectivity index (χ0) is 15.5. The van der Waals surface area contributed by atoms with Gasteiger partial charge in [-0.1, -0.05) is 13.8 Å². The van der Waals surface area contributed by atoms with Gasteiger partial charge in [-0.15, -0.1) is 10.2 Å². The lowest BCUT2D eigenvalue weighted by atomic mass is 9.92. The third-order valence-electron chi connectivity index (χ3n) is 4.71. The molecule has 124 valence electrons. The lowest BCUT2D eigenvalue weighted by Gasteiger charge is -2.38. The fourth-order valence-electron chi connectivity index (χ4n) is 3.82. The van der Waals surface area contributed by atoms with E-state index in [1.54, 1.807) is 0 Å². The van der Waals surface area contributed by atoms with E-state index in [9.17, 15) is 0 Å². The fourth-order valence-corrected chi connectivity index (χ4v) is 3.82. The van der Waals surface area contributed by atoms with Gasteiger partial charge in [-0.3, -0.25) is 4.90 Å². The number of likely N-dealkylation sites (tertiary alicyclic amines) is 1. The zero-order valence-electron chi connectivity index (χ0n) is 14.0. The highest BCUT2D eigenvalue weighted by atomic mass is 16.5. The van der Waals surface area contributed by atoms with Crippen LogP contribution in [0, 0.1) is 18.8 Å². The quantitative estimate of drug-likeness (QED) is 0.844. The second-order valence-electron chi connectivity index (χ2n) is 6.99. The van der Waals surface area contributed by atoms with E-state index in [1.807, 2.05) is 6.92 Å². The van der Waals surface area contributed by atoms with E-state index in [4.69, 9.17) is 9.15 Å². The van der Waals surface area contributed by atoms with Crippen LogP contribution in [-0.2, 0) is 4.74 Å². The number of rotatable bonds is 4. The van der Waals surface area contributed by atoms with Crippen molar-refractivity contribution in [1.82, 2.24) is 20.0 Å². The first-order valence-corrected chi connectivity index (χ1v) is 8.46. The van der Waals surface area contributed by atoms with E-state index in [1.165, 1.54) is 19.5 Å². The Bertz CT molecular complexity index is 468. The van der Waals surface area contributed by atoms with Gasteiger partial charge in [0.25, 0.3) is 0 Å². The van der Waals surface area contributed by atoms with E-state index in [0.717, 1.165) is 38.1 Å². The van der Waals surface area contributed by atoms with Crippen LogP contribution < -0.4 is 0 Å². The summed E-state index contributed by atoms with van der Waals surface area (Å²) in [5, 5.41) is 8.14. The molecule has 0 unspecified atom stereocenters. The van der Waals surface area contributed by atoms with Crippen LogP contribution in [0.3, 0.4) is 0 Å². The van der Waals surface area contributed by atoms with Gasteiger partial charge in [-0.05, 0) is 18.3 Å². The summed E-state index contributed by atoms with van der Waals surface area (Å²) in [5.74, 6) is 2.93. The highest BCUT2D eigenvalue weighted by molar-refractivity contribution is 4.92. The maximum absolute atomic E-state index is 5.62. The standard InChI is InChI=1S/C16H28N4O2/c1-12-8-13(2)10-19(9-12)4-5-20-6-7-21-11-15(20)16-18-17-14(3)22-16/h12-13,15H,4-11H2,1-3H3/t12-,13+,15-/m0/s1. The molecule has 2 aliphatic rings. The summed E-state index contributed by atoms with van der Waals surface area (Å²) in [6.07, 6.45) is 1.36. The van der Waals surface area contributed by atoms with Gasteiger partial charge in [0.15, 0.2) is 0 Å². The molecule has 1 aromatic rings. The molecule has 0 bridgehead atoms. The van der Waals surface area contributed by atoms with Gasteiger partial charge >= 0.3 is 0 Å². The predicted octanol–water partition coefficient (Wildman–Crippen LogP) is 1.73. The van der Waals surface area contributed by atoms with Gasteiger partial charge in [0, 0.05) is 39.6 Å². The smallest absolute Gasteiger partial charge is 0.235 e. The van der Waals surface area contributed by atoms with E-state index in [2.05, 4.69) is 33.8 Å². The molecule has 3 rings (SSSR count). The minimum atomic E-state index is 0.106. The number of hydrogen-bond acceptors (Lipinski definition) is 6. The Labute approximate surface area is 132 Å². The van der Waals surface area contributed by atoms with Crippen molar-refractivity contribution in [3.05, 3.63) is 11.8 Å². The first kappa shape index (κ1) is 15.9. The largest absolute Gasteiger partial charge is 0.424 e. The third-order valence-corrected chi connectivity index (χ3v) is 4.71. The van der Waals surface area contributed by atoms with Crippen LogP contribution in [0.5, 0.6) is 0 Å². The monoisotopic (exact) mass is 308 g/mol. The fraction of sp³-hybridized carbons (Fsp3) is 0.875. The Morgan fingerprint density at radius 2 is 1.91 bits per heavy atom. The number of nitrogens with zero attached hydrogens (tertiary/aromatic N) is 4. The van der Waals surface area contributed by atoms with Crippen LogP contribution in [0.4, 0.5) is 0 Å². The van der Waals surface area contributed by atoms with Crippen molar-refractivity contribution in [2.75, 3.05) is 45.9 Å². The summed E-state index contributed by atoms with van der Waals surface area (Å²) >= 11 is 0. The van der Waals surface area contributed by atoms with E-state index in [0.29, 0.717) is 18.4 Å². The molecular formula is C16H28N4O2. The van der Waals surface area contributed by atoms with Crippen molar-refractivity contribution < 1.29 is 9.15 Å². The molecule has 0 aromatic carbocycles. The highest BCUT2D eigenvalue weighted by Crippen LogP contribution is 2.24. The van der Waals surface area contributed by atoms with Gasteiger partial charge in [0.2, 0.25) is 11.8 Å². The molecule has 2 fully saturated rings. The molecule has 1 aromatic heterocycles. The van der Waals surface area contributed by atoms with Gasteiger partial charge in [-0.2, -0.15) is 0 Å². The molecule has 2 saturated heterocycles. The summed E-state index contributed by atoms with van der Waals surface area (Å²) in [6, 6.07) is 0.106. The summed E-state index contributed by atoms with van der Waals surface area (Å²) in [7, 11) is 0. The molecule has 0 spiro atoms. The lowest BCUT2D eigenvalue weighted by molar-refractivity contribution is -0.0239. The van der Waals surface area contributed by atoms with Crippen LogP contribution in [0.15, 0.2) is 4.42 Å². The molecular weight excluding hydrogens is 280 g/mol. The molecule has 0 amide bonds. The maximum Gasteiger partial charge on any atom is 0.235 e. The minimum Gasteiger partial charge on any atom is -0.424 e. The molecule has 0 saturated carbocycles. The van der Waals surface area contributed by atoms with Crippen LogP contribution in [0.1, 0.15) is 38.1 Å². The zero-order valence-corrected chi connectivity index (χ0v) is 14.0. The van der Waals surface area contributed by atoms with E-state index >= 15 is 0 Å². The molecule has 6 nitrogen and oxygen atoms in total. The minimum absolute atomic E-state index is 0.106. The van der Waals surface area contributed by atoms with Gasteiger partial charge < -0.3 is 14.1 Å². The van der Waals surface area contributed by atoms with Gasteiger partial charge in [0.1, 0.15) is 6.04 Å². The number of aryl methyl sites for hydroxylation is 1. The summed E-state index contributed by atoms with van der Waals surface area (Å²) < 4.78 is 11.2. The SMILES string of the molecule is Cc1nnc([C@@H]2COCCN2CCN2C[C@H](C)C[C@H](C)C2)o1. The van der Waals surface area contributed by atoms with E-state index < -0.39 is 0 Å². The van der Waals surface area contributed by atoms with Crippen molar-refractivity contribution in [2.45, 2.75) is 33.2 Å². The van der Waals surface area contributed by atoms with Crippen molar-refractivity contribution in [3.63, 3.8) is 0 Å². The third kappa shape index (κ3) is 3.86. The van der Waals surface area contributed by atoms with Crippen molar-refractivity contribution >= 4 is 0 Å². The predicted molar refractivity (Wildman–Crippen MR) is 83.6 cm³/mol. The lowest BCUT2D eigenvalue weighted by Crippen LogP contribution is -2.46. The molecule has 0 radical (unpaired) electrons. The topological polar surface area (TPSA) is 54.6 Å². The summed E-state index contributed by atoms with van der Waals surface area (Å²) in [4.78, 5) is 5.03. The summed E-state index contributed by atoms with van der Waals surface area (Å²) in [6.45, 7) is 13.5. The first-order valence-electron chi connectivity index (χ1n) is 8.46. The van der Waals surface area contributed by atoms with Crippen molar-refractivity contribution in [2.24, 2.45) is 11.8 Å². The molecule has 0 N–H and O–H groups in total. The average molecular weight is 308 g/mol. The number of aromatic nitrogens is 2. The van der Waals surface area contributed by atoms with Crippen molar-refractivity contribution in [3.8, 4) is 0 Å². The van der Waals surface area contributed by atoms with Crippen LogP contribution >= 0.6 is 0 Å². The number of morpholine rings is 1. The number of ether oxygens (including phenoxy) is 1. The molecule has 3 atom stereocenters. The number of hydrogen-bond donors (Lipinski definition) is 0. The molecule has 6 heteroatoms. The molecule has 3 heterocycles. The normalized spacial score (nSPS) is 31.5. The van der Waals surface area contributed by atoms with Gasteiger partial charge in [-0.25, -0.2) is 0 Å². The summed E-state index contributed by atoms with van der Waals surface area (Å²) in [5.41, 5.74) is 0. The van der Waals surface area contributed by atoms with Crippen LogP contribution in [-0.4, -0.2) is 65.9 Å². The Kier molecular flexibility index (Phi) is 5.10. The van der Waals surface area contributed by atoms with E-state index in [-0.39, 0.29) is 6.04 Å². The van der Waals surface area contributed by atoms with Gasteiger partial charge in [0.05, 0.1) is 13.2 Å². The average Bonchev–Trinajstić information content (AvgIpc) is 2.91. The van der Waals surface area contributed by atoms with Crippen molar-refractivity contribution in [1.29, 1.82) is 0 Å².